The van der Waals surface area contributed by atoms with Gasteiger partial charge < -0.3 is 10.4 Å². The number of hydrogen-bond acceptors (Lipinski definition) is 4. The van der Waals surface area contributed by atoms with E-state index in [1.165, 1.54) is 11.3 Å². The lowest BCUT2D eigenvalue weighted by Crippen LogP contribution is -2.29. The fourth-order valence-corrected chi connectivity index (χ4v) is 3.40. The maximum absolute atomic E-state index is 12.2. The average Bonchev–Trinajstić information content (AvgIpc) is 2.83. The van der Waals surface area contributed by atoms with Gasteiger partial charge in [-0.3, -0.25) is 9.59 Å². The zero-order valence-corrected chi connectivity index (χ0v) is 12.1. The highest BCUT2D eigenvalue weighted by molar-refractivity contribution is 7.15. The third-order valence-corrected chi connectivity index (χ3v) is 4.70. The molecule has 1 aliphatic carbocycles. The van der Waals surface area contributed by atoms with Crippen molar-refractivity contribution in [1.82, 2.24) is 4.98 Å². The standard InChI is InChI=1S/C13H18N2O3S/c1-6-4-9(10(5-6)12(17)18)11(16)15-13-14-7(2)8(3)19-13/h6,9-10H,4-5H2,1-3H3,(H,17,18)(H,14,15,16)/t6?,9-,10+/m0/s1. The van der Waals surface area contributed by atoms with Crippen LogP contribution in [0.5, 0.6) is 0 Å². The number of aliphatic carboxylic acids is 1. The van der Waals surface area contributed by atoms with Gasteiger partial charge in [0.2, 0.25) is 5.91 Å². The Hall–Kier alpha value is -1.43. The molecule has 1 aromatic heterocycles. The molecule has 19 heavy (non-hydrogen) atoms. The molecule has 0 saturated heterocycles. The van der Waals surface area contributed by atoms with Crippen molar-refractivity contribution >= 4 is 28.3 Å². The lowest BCUT2D eigenvalue weighted by atomic mass is 9.95. The van der Waals surface area contributed by atoms with Crippen molar-refractivity contribution < 1.29 is 14.7 Å². The van der Waals surface area contributed by atoms with Gasteiger partial charge in [-0.05, 0) is 32.6 Å². The number of aromatic nitrogens is 1. The summed E-state index contributed by atoms with van der Waals surface area (Å²) in [4.78, 5) is 28.7. The van der Waals surface area contributed by atoms with E-state index in [0.717, 1.165) is 10.6 Å². The first kappa shape index (κ1) is 14.0. The van der Waals surface area contributed by atoms with Gasteiger partial charge in [-0.15, -0.1) is 11.3 Å². The molecule has 104 valence electrons. The van der Waals surface area contributed by atoms with Crippen molar-refractivity contribution in [2.45, 2.75) is 33.6 Å². The molecule has 0 radical (unpaired) electrons. The van der Waals surface area contributed by atoms with E-state index in [4.69, 9.17) is 0 Å². The van der Waals surface area contributed by atoms with E-state index < -0.39 is 17.8 Å². The molecular formula is C13H18N2O3S. The minimum Gasteiger partial charge on any atom is -0.481 e. The predicted molar refractivity (Wildman–Crippen MR) is 73.2 cm³/mol. The average molecular weight is 282 g/mol. The van der Waals surface area contributed by atoms with Crippen LogP contribution in [-0.4, -0.2) is 22.0 Å². The number of amides is 1. The van der Waals surface area contributed by atoms with Gasteiger partial charge in [0.05, 0.1) is 17.5 Å². The van der Waals surface area contributed by atoms with Crippen molar-refractivity contribution in [3.05, 3.63) is 10.6 Å². The van der Waals surface area contributed by atoms with Gasteiger partial charge in [-0.2, -0.15) is 0 Å². The fraction of sp³-hybridized carbons (Fsp3) is 0.615. The summed E-state index contributed by atoms with van der Waals surface area (Å²) in [6.07, 6.45) is 1.20. The first-order valence-corrected chi connectivity index (χ1v) is 7.17. The van der Waals surface area contributed by atoms with Gasteiger partial charge in [0.1, 0.15) is 0 Å². The SMILES string of the molecule is Cc1nc(NC(=O)[C@H]2CC(C)C[C@H]2C(=O)O)sc1C. The molecule has 1 unspecified atom stereocenters. The first-order valence-electron chi connectivity index (χ1n) is 6.36. The molecule has 6 heteroatoms. The molecule has 1 fully saturated rings. The zero-order valence-electron chi connectivity index (χ0n) is 11.3. The van der Waals surface area contributed by atoms with E-state index in [1.807, 2.05) is 20.8 Å². The van der Waals surface area contributed by atoms with Crippen LogP contribution < -0.4 is 5.32 Å². The van der Waals surface area contributed by atoms with Crippen LogP contribution in [0.2, 0.25) is 0 Å². The number of aryl methyl sites for hydroxylation is 2. The van der Waals surface area contributed by atoms with Crippen molar-refractivity contribution in [2.24, 2.45) is 17.8 Å². The number of nitrogens with zero attached hydrogens (tertiary/aromatic N) is 1. The Morgan fingerprint density at radius 1 is 1.32 bits per heavy atom. The van der Waals surface area contributed by atoms with Crippen LogP contribution >= 0.6 is 11.3 Å². The molecule has 1 heterocycles. The Morgan fingerprint density at radius 3 is 2.47 bits per heavy atom. The molecule has 5 nitrogen and oxygen atoms in total. The monoisotopic (exact) mass is 282 g/mol. The molecule has 2 rings (SSSR count). The second-order valence-electron chi connectivity index (χ2n) is 5.28. The second kappa shape index (κ2) is 5.28. The van der Waals surface area contributed by atoms with Crippen molar-refractivity contribution in [3.8, 4) is 0 Å². The summed E-state index contributed by atoms with van der Waals surface area (Å²) in [5, 5.41) is 12.5. The summed E-state index contributed by atoms with van der Waals surface area (Å²) in [7, 11) is 0. The summed E-state index contributed by atoms with van der Waals surface area (Å²) in [6.45, 7) is 5.82. The van der Waals surface area contributed by atoms with Crippen molar-refractivity contribution in [3.63, 3.8) is 0 Å². The molecule has 0 aliphatic heterocycles. The number of anilines is 1. The van der Waals surface area contributed by atoms with Gasteiger partial charge in [0, 0.05) is 4.88 Å². The van der Waals surface area contributed by atoms with Crippen LogP contribution in [0, 0.1) is 31.6 Å². The highest BCUT2D eigenvalue weighted by atomic mass is 32.1. The minimum atomic E-state index is -0.879. The molecule has 1 saturated carbocycles. The first-order chi connectivity index (χ1) is 8.88. The van der Waals surface area contributed by atoms with E-state index in [9.17, 15) is 14.7 Å². The van der Waals surface area contributed by atoms with Crippen molar-refractivity contribution in [1.29, 1.82) is 0 Å². The topological polar surface area (TPSA) is 79.3 Å². The van der Waals surface area contributed by atoms with E-state index >= 15 is 0 Å². The van der Waals surface area contributed by atoms with Gasteiger partial charge in [-0.1, -0.05) is 6.92 Å². The maximum atomic E-state index is 12.2. The van der Waals surface area contributed by atoms with Gasteiger partial charge in [0.25, 0.3) is 0 Å². The highest BCUT2D eigenvalue weighted by Crippen LogP contribution is 2.37. The Labute approximate surface area is 116 Å². The molecule has 2 N–H and O–H groups in total. The number of thiazole rings is 1. The Kier molecular flexibility index (Phi) is 3.89. The molecule has 1 aliphatic rings. The smallest absolute Gasteiger partial charge is 0.307 e. The molecule has 1 aromatic rings. The summed E-state index contributed by atoms with van der Waals surface area (Å²) in [5.74, 6) is -1.84. The summed E-state index contributed by atoms with van der Waals surface area (Å²) >= 11 is 1.42. The quantitative estimate of drug-likeness (QED) is 0.892. The summed E-state index contributed by atoms with van der Waals surface area (Å²) in [5.41, 5.74) is 0.898. The van der Waals surface area contributed by atoms with Crippen LogP contribution in [0.1, 0.15) is 30.3 Å². The van der Waals surface area contributed by atoms with Crippen molar-refractivity contribution in [2.75, 3.05) is 5.32 Å². The Balaban J connectivity index is 2.08. The lowest BCUT2D eigenvalue weighted by molar-refractivity contribution is -0.145. The molecule has 0 bridgehead atoms. The number of nitrogens with one attached hydrogen (secondary N) is 1. The van der Waals surface area contributed by atoms with Gasteiger partial charge >= 0.3 is 5.97 Å². The second-order valence-corrected chi connectivity index (χ2v) is 6.48. The molecule has 0 aromatic carbocycles. The number of carboxylic acid groups (broad SMARTS) is 1. The lowest BCUT2D eigenvalue weighted by Gasteiger charge is -2.14. The number of carbonyl (C=O) groups is 2. The van der Waals surface area contributed by atoms with E-state index in [-0.39, 0.29) is 11.8 Å². The molecule has 3 atom stereocenters. The fourth-order valence-electron chi connectivity index (χ4n) is 2.58. The number of carboxylic acids is 1. The van der Waals surface area contributed by atoms with E-state index in [2.05, 4.69) is 10.3 Å². The van der Waals surface area contributed by atoms with Gasteiger partial charge in [-0.25, -0.2) is 4.98 Å². The highest BCUT2D eigenvalue weighted by Gasteiger charge is 2.41. The van der Waals surface area contributed by atoms with E-state index in [0.29, 0.717) is 18.0 Å². The van der Waals surface area contributed by atoms with Crippen LogP contribution in [0.25, 0.3) is 0 Å². The van der Waals surface area contributed by atoms with Crippen LogP contribution in [0.4, 0.5) is 5.13 Å². The van der Waals surface area contributed by atoms with Crippen LogP contribution in [0.15, 0.2) is 0 Å². The number of hydrogen-bond donors (Lipinski definition) is 2. The Bertz CT molecular complexity index is 492. The number of rotatable bonds is 3. The number of carbonyl (C=O) groups excluding carboxylic acids is 1. The molecule has 0 spiro atoms. The van der Waals surface area contributed by atoms with E-state index in [1.54, 1.807) is 0 Å². The zero-order chi connectivity index (χ0) is 14.2. The minimum absolute atomic E-state index is 0.217. The Morgan fingerprint density at radius 2 is 1.95 bits per heavy atom. The van der Waals surface area contributed by atoms with Gasteiger partial charge in [0.15, 0.2) is 5.13 Å². The third-order valence-electron chi connectivity index (χ3n) is 3.71. The largest absolute Gasteiger partial charge is 0.481 e. The summed E-state index contributed by atoms with van der Waals surface area (Å²) in [6, 6.07) is 0. The normalized spacial score (nSPS) is 26.4. The maximum Gasteiger partial charge on any atom is 0.307 e. The van der Waals surface area contributed by atoms with Crippen LogP contribution in [0.3, 0.4) is 0 Å². The predicted octanol–water partition coefficient (Wildman–Crippen LogP) is 2.45. The third kappa shape index (κ3) is 2.94. The summed E-state index contributed by atoms with van der Waals surface area (Å²) < 4.78 is 0. The molecular weight excluding hydrogens is 264 g/mol. The molecule has 1 amide bonds. The van der Waals surface area contributed by atoms with Crippen LogP contribution in [-0.2, 0) is 9.59 Å².